The Morgan fingerprint density at radius 3 is 2.88 bits per heavy atom. The molecule has 0 N–H and O–H groups in total. The van der Waals surface area contributed by atoms with E-state index in [1.54, 1.807) is 6.21 Å². The van der Waals surface area contributed by atoms with Gasteiger partial charge in [0.1, 0.15) is 11.4 Å². The molecule has 3 rings (SSSR count). The normalized spacial score (nSPS) is 12.4. The van der Waals surface area contributed by atoms with Crippen LogP contribution in [-0.4, -0.2) is 6.21 Å². The highest BCUT2D eigenvalue weighted by Gasteiger charge is 2.13. The zero-order chi connectivity index (χ0) is 11.8. The first-order chi connectivity index (χ1) is 8.24. The van der Waals surface area contributed by atoms with Crippen molar-refractivity contribution in [1.82, 2.24) is 0 Å². The second-order valence-electron chi connectivity index (χ2n) is 3.98. The maximum absolute atomic E-state index is 6.12. The number of benzene rings is 2. The summed E-state index contributed by atoms with van der Waals surface area (Å²) in [6.45, 7) is 2.02. The molecular formula is C14H10ClNO. The quantitative estimate of drug-likeness (QED) is 0.569. The Balaban J connectivity index is 2.20. The van der Waals surface area contributed by atoms with E-state index in [-0.39, 0.29) is 0 Å². The van der Waals surface area contributed by atoms with Gasteiger partial charge in [0, 0.05) is 6.21 Å². The van der Waals surface area contributed by atoms with E-state index in [1.807, 2.05) is 43.3 Å². The molecule has 2 aromatic rings. The molecule has 0 saturated carbocycles. The van der Waals surface area contributed by atoms with Crippen molar-refractivity contribution in [2.24, 2.45) is 4.99 Å². The molecule has 0 bridgehead atoms. The van der Waals surface area contributed by atoms with Gasteiger partial charge in [-0.1, -0.05) is 23.7 Å². The van der Waals surface area contributed by atoms with Crippen LogP contribution in [0, 0.1) is 6.92 Å². The van der Waals surface area contributed by atoms with Gasteiger partial charge in [0.15, 0.2) is 5.75 Å². The summed E-state index contributed by atoms with van der Waals surface area (Å²) in [6, 6.07) is 11.5. The average Bonchev–Trinajstić information content (AvgIpc) is 2.48. The largest absolute Gasteiger partial charge is 0.454 e. The van der Waals surface area contributed by atoms with Crippen LogP contribution in [0.5, 0.6) is 11.5 Å². The highest BCUT2D eigenvalue weighted by Crippen LogP contribution is 2.38. The van der Waals surface area contributed by atoms with E-state index in [9.17, 15) is 0 Å². The second-order valence-corrected chi connectivity index (χ2v) is 4.39. The van der Waals surface area contributed by atoms with Gasteiger partial charge in [-0.15, -0.1) is 0 Å². The zero-order valence-corrected chi connectivity index (χ0v) is 10.0. The fraction of sp³-hybridized carbons (Fsp3) is 0.0714. The van der Waals surface area contributed by atoms with E-state index in [0.717, 1.165) is 28.3 Å². The van der Waals surface area contributed by atoms with E-state index in [2.05, 4.69) is 4.99 Å². The number of aryl methyl sites for hydroxylation is 1. The number of fused-ring (bicyclic) bond motifs is 2. The van der Waals surface area contributed by atoms with E-state index in [1.165, 1.54) is 0 Å². The molecule has 0 aliphatic carbocycles. The highest BCUT2D eigenvalue weighted by atomic mass is 35.5. The van der Waals surface area contributed by atoms with Crippen LogP contribution in [0.1, 0.15) is 11.1 Å². The topological polar surface area (TPSA) is 21.6 Å². The Labute approximate surface area is 105 Å². The lowest BCUT2D eigenvalue weighted by Crippen LogP contribution is -1.89. The first-order valence-corrected chi connectivity index (χ1v) is 5.73. The number of hydrogen-bond donors (Lipinski definition) is 0. The SMILES string of the molecule is Cc1ccc2c(c1)Oc1cccc(Cl)c1C=N2. The molecule has 0 aromatic heterocycles. The molecule has 1 heterocycles. The molecule has 0 saturated heterocycles. The Morgan fingerprint density at radius 2 is 2.00 bits per heavy atom. The molecule has 0 atom stereocenters. The van der Waals surface area contributed by atoms with Crippen LogP contribution in [0.3, 0.4) is 0 Å². The molecule has 1 aliphatic rings. The van der Waals surface area contributed by atoms with Crippen LogP contribution in [0.15, 0.2) is 41.4 Å². The van der Waals surface area contributed by atoms with Crippen LogP contribution < -0.4 is 4.74 Å². The molecule has 0 spiro atoms. The Kier molecular flexibility index (Phi) is 2.37. The van der Waals surface area contributed by atoms with Crippen molar-refractivity contribution >= 4 is 23.5 Å². The molecular weight excluding hydrogens is 234 g/mol. The molecule has 2 aromatic carbocycles. The molecule has 1 aliphatic heterocycles. The van der Waals surface area contributed by atoms with Gasteiger partial charge in [-0.2, -0.15) is 0 Å². The molecule has 3 heteroatoms. The first-order valence-electron chi connectivity index (χ1n) is 5.35. The first kappa shape index (κ1) is 10.4. The summed E-state index contributed by atoms with van der Waals surface area (Å²) in [5.41, 5.74) is 2.79. The number of nitrogens with zero attached hydrogens (tertiary/aromatic N) is 1. The lowest BCUT2D eigenvalue weighted by atomic mass is 10.2. The van der Waals surface area contributed by atoms with E-state index >= 15 is 0 Å². The van der Waals surface area contributed by atoms with Gasteiger partial charge < -0.3 is 4.74 Å². The predicted molar refractivity (Wildman–Crippen MR) is 70.0 cm³/mol. The van der Waals surface area contributed by atoms with Crippen LogP contribution in [0.4, 0.5) is 5.69 Å². The van der Waals surface area contributed by atoms with Crippen molar-refractivity contribution in [2.75, 3.05) is 0 Å². The van der Waals surface area contributed by atoms with Gasteiger partial charge in [0.05, 0.1) is 10.6 Å². The maximum Gasteiger partial charge on any atom is 0.153 e. The van der Waals surface area contributed by atoms with Crippen LogP contribution in [-0.2, 0) is 0 Å². The predicted octanol–water partition coefficient (Wildman–Crippen LogP) is 4.50. The molecule has 0 radical (unpaired) electrons. The van der Waals surface area contributed by atoms with Gasteiger partial charge in [-0.05, 0) is 36.8 Å². The fourth-order valence-corrected chi connectivity index (χ4v) is 2.01. The van der Waals surface area contributed by atoms with Gasteiger partial charge >= 0.3 is 0 Å². The third kappa shape index (κ3) is 1.81. The molecule has 84 valence electrons. The van der Waals surface area contributed by atoms with Crippen molar-refractivity contribution in [2.45, 2.75) is 6.92 Å². The maximum atomic E-state index is 6.12. The lowest BCUT2D eigenvalue weighted by Gasteiger charge is -2.08. The van der Waals surface area contributed by atoms with E-state index < -0.39 is 0 Å². The van der Waals surface area contributed by atoms with E-state index in [0.29, 0.717) is 5.02 Å². The van der Waals surface area contributed by atoms with Gasteiger partial charge in [0.25, 0.3) is 0 Å². The average molecular weight is 244 g/mol. The van der Waals surface area contributed by atoms with Crippen molar-refractivity contribution < 1.29 is 4.74 Å². The number of hydrogen-bond acceptors (Lipinski definition) is 2. The molecule has 17 heavy (non-hydrogen) atoms. The summed E-state index contributed by atoms with van der Waals surface area (Å²) >= 11 is 6.12. The number of aliphatic imine (C=N–C) groups is 1. The number of halogens is 1. The number of rotatable bonds is 0. The Morgan fingerprint density at radius 1 is 1.12 bits per heavy atom. The fourth-order valence-electron chi connectivity index (χ4n) is 1.79. The Hall–Kier alpha value is -1.80. The minimum atomic E-state index is 0.649. The lowest BCUT2D eigenvalue weighted by molar-refractivity contribution is 0.484. The number of ether oxygens (including phenoxy) is 1. The summed E-state index contributed by atoms with van der Waals surface area (Å²) < 4.78 is 5.85. The van der Waals surface area contributed by atoms with Gasteiger partial charge in [0.2, 0.25) is 0 Å². The zero-order valence-electron chi connectivity index (χ0n) is 9.27. The summed E-state index contributed by atoms with van der Waals surface area (Å²) in [5.74, 6) is 1.51. The van der Waals surface area contributed by atoms with Crippen molar-refractivity contribution in [3.05, 3.63) is 52.5 Å². The summed E-state index contributed by atoms with van der Waals surface area (Å²) in [5, 5.41) is 0.649. The minimum Gasteiger partial charge on any atom is -0.454 e. The summed E-state index contributed by atoms with van der Waals surface area (Å²) in [6.07, 6.45) is 1.75. The summed E-state index contributed by atoms with van der Waals surface area (Å²) in [4.78, 5) is 4.40. The second kappa shape index (κ2) is 3.90. The van der Waals surface area contributed by atoms with Crippen molar-refractivity contribution in [3.8, 4) is 11.5 Å². The standard InChI is InChI=1S/C14H10ClNO/c1-9-5-6-12-14(7-9)17-13-4-2-3-11(15)10(13)8-16-12/h2-8H,1H3. The van der Waals surface area contributed by atoms with Crippen LogP contribution in [0.25, 0.3) is 0 Å². The van der Waals surface area contributed by atoms with Crippen LogP contribution in [0.2, 0.25) is 5.02 Å². The van der Waals surface area contributed by atoms with Gasteiger partial charge in [-0.3, -0.25) is 4.99 Å². The summed E-state index contributed by atoms with van der Waals surface area (Å²) in [7, 11) is 0. The molecule has 0 fully saturated rings. The van der Waals surface area contributed by atoms with Crippen molar-refractivity contribution in [1.29, 1.82) is 0 Å². The third-order valence-corrected chi connectivity index (χ3v) is 3.01. The molecule has 2 nitrogen and oxygen atoms in total. The third-order valence-electron chi connectivity index (χ3n) is 2.68. The monoisotopic (exact) mass is 243 g/mol. The van der Waals surface area contributed by atoms with Gasteiger partial charge in [-0.25, -0.2) is 0 Å². The molecule has 0 unspecified atom stereocenters. The van der Waals surface area contributed by atoms with Crippen LogP contribution >= 0.6 is 11.6 Å². The minimum absolute atomic E-state index is 0.649. The highest BCUT2D eigenvalue weighted by molar-refractivity contribution is 6.33. The Bertz CT molecular complexity index is 620. The van der Waals surface area contributed by atoms with Crippen molar-refractivity contribution in [3.63, 3.8) is 0 Å². The molecule has 0 amide bonds. The smallest absolute Gasteiger partial charge is 0.153 e. The van der Waals surface area contributed by atoms with E-state index in [4.69, 9.17) is 16.3 Å².